The zero-order valence-corrected chi connectivity index (χ0v) is 12.0. The lowest BCUT2D eigenvalue weighted by atomic mass is 10.2. The molecule has 18 heavy (non-hydrogen) atoms. The van der Waals surface area contributed by atoms with Crippen LogP contribution in [0.15, 0.2) is 41.1 Å². The fourth-order valence-electron chi connectivity index (χ4n) is 1.64. The van der Waals surface area contributed by atoms with Crippen molar-refractivity contribution >= 4 is 15.9 Å². The standard InChI is InChI=1S/C14H15BrN2O/c1-10-3-4-13(12(15)7-10)18-14-9-17-6-5-11(14)8-16-2/h3-7,9,16H,8H2,1-2H3. The predicted molar refractivity (Wildman–Crippen MR) is 76.0 cm³/mol. The maximum Gasteiger partial charge on any atom is 0.150 e. The van der Waals surface area contributed by atoms with Gasteiger partial charge in [-0.15, -0.1) is 0 Å². The number of rotatable bonds is 4. The van der Waals surface area contributed by atoms with Crippen molar-refractivity contribution in [2.45, 2.75) is 13.5 Å². The number of hydrogen-bond acceptors (Lipinski definition) is 3. The molecule has 0 radical (unpaired) electrons. The molecule has 0 spiro atoms. The third kappa shape index (κ3) is 3.09. The summed E-state index contributed by atoms with van der Waals surface area (Å²) in [6, 6.07) is 7.96. The largest absolute Gasteiger partial charge is 0.454 e. The lowest BCUT2D eigenvalue weighted by Gasteiger charge is -2.11. The average molecular weight is 307 g/mol. The van der Waals surface area contributed by atoms with E-state index in [9.17, 15) is 0 Å². The smallest absolute Gasteiger partial charge is 0.150 e. The summed E-state index contributed by atoms with van der Waals surface area (Å²) in [6.45, 7) is 2.80. The van der Waals surface area contributed by atoms with Gasteiger partial charge < -0.3 is 10.1 Å². The highest BCUT2D eigenvalue weighted by molar-refractivity contribution is 9.10. The molecule has 0 atom stereocenters. The Kier molecular flexibility index (Phi) is 4.33. The summed E-state index contributed by atoms with van der Waals surface area (Å²) in [5, 5.41) is 3.11. The van der Waals surface area contributed by atoms with Crippen LogP contribution in [0.25, 0.3) is 0 Å². The molecule has 4 heteroatoms. The van der Waals surface area contributed by atoms with E-state index < -0.39 is 0 Å². The molecule has 3 nitrogen and oxygen atoms in total. The number of nitrogens with zero attached hydrogens (tertiary/aromatic N) is 1. The Hall–Kier alpha value is -1.39. The van der Waals surface area contributed by atoms with Crippen molar-refractivity contribution in [3.8, 4) is 11.5 Å². The van der Waals surface area contributed by atoms with Gasteiger partial charge in [0.2, 0.25) is 0 Å². The Morgan fingerprint density at radius 2 is 2.11 bits per heavy atom. The number of benzene rings is 1. The van der Waals surface area contributed by atoms with Crippen molar-refractivity contribution in [3.63, 3.8) is 0 Å². The SMILES string of the molecule is CNCc1ccncc1Oc1ccc(C)cc1Br. The number of hydrogen-bond donors (Lipinski definition) is 1. The highest BCUT2D eigenvalue weighted by Crippen LogP contribution is 2.31. The van der Waals surface area contributed by atoms with Gasteiger partial charge in [0.15, 0.2) is 0 Å². The number of pyridine rings is 1. The average Bonchev–Trinajstić information content (AvgIpc) is 2.35. The maximum atomic E-state index is 5.90. The van der Waals surface area contributed by atoms with Crippen LogP contribution in [0.1, 0.15) is 11.1 Å². The number of nitrogens with one attached hydrogen (secondary N) is 1. The molecule has 0 bridgehead atoms. The number of ether oxygens (including phenoxy) is 1. The van der Waals surface area contributed by atoms with Crippen LogP contribution in [0.4, 0.5) is 0 Å². The lowest BCUT2D eigenvalue weighted by Crippen LogP contribution is -2.06. The Labute approximate surface area is 115 Å². The van der Waals surface area contributed by atoms with Gasteiger partial charge in [0, 0.05) is 18.3 Å². The van der Waals surface area contributed by atoms with Gasteiger partial charge in [0.1, 0.15) is 11.5 Å². The number of aromatic nitrogens is 1. The van der Waals surface area contributed by atoms with Gasteiger partial charge in [0.05, 0.1) is 10.7 Å². The minimum absolute atomic E-state index is 0.751. The molecule has 94 valence electrons. The molecule has 0 fully saturated rings. The van der Waals surface area contributed by atoms with E-state index >= 15 is 0 Å². The highest BCUT2D eigenvalue weighted by Gasteiger charge is 2.07. The molecule has 0 amide bonds. The predicted octanol–water partition coefficient (Wildman–Crippen LogP) is 3.66. The Morgan fingerprint density at radius 1 is 1.28 bits per heavy atom. The molecular weight excluding hydrogens is 292 g/mol. The van der Waals surface area contributed by atoms with Crippen molar-refractivity contribution < 1.29 is 4.74 Å². The van der Waals surface area contributed by atoms with Crippen molar-refractivity contribution in [2.24, 2.45) is 0 Å². The second kappa shape index (κ2) is 5.98. The van der Waals surface area contributed by atoms with E-state index in [-0.39, 0.29) is 0 Å². The summed E-state index contributed by atoms with van der Waals surface area (Å²) in [7, 11) is 1.91. The third-order valence-electron chi connectivity index (χ3n) is 2.54. The van der Waals surface area contributed by atoms with Crippen LogP contribution in [0, 0.1) is 6.92 Å². The summed E-state index contributed by atoms with van der Waals surface area (Å²) in [6.07, 6.45) is 3.50. The molecule has 1 aromatic carbocycles. The van der Waals surface area contributed by atoms with Crippen LogP contribution in [0.5, 0.6) is 11.5 Å². The Balaban J connectivity index is 2.28. The van der Waals surface area contributed by atoms with Gasteiger partial charge >= 0.3 is 0 Å². The van der Waals surface area contributed by atoms with E-state index in [2.05, 4.69) is 26.2 Å². The third-order valence-corrected chi connectivity index (χ3v) is 3.16. The quantitative estimate of drug-likeness (QED) is 0.936. The van der Waals surface area contributed by atoms with Crippen molar-refractivity contribution in [2.75, 3.05) is 7.05 Å². The van der Waals surface area contributed by atoms with Crippen LogP contribution in [-0.2, 0) is 6.54 Å². The van der Waals surface area contributed by atoms with Crippen molar-refractivity contribution in [1.29, 1.82) is 0 Å². The summed E-state index contributed by atoms with van der Waals surface area (Å²) in [5.74, 6) is 1.57. The summed E-state index contributed by atoms with van der Waals surface area (Å²) in [5.41, 5.74) is 2.27. The fraction of sp³-hybridized carbons (Fsp3) is 0.214. The highest BCUT2D eigenvalue weighted by atomic mass is 79.9. The first-order chi connectivity index (χ1) is 8.70. The number of aryl methyl sites for hydroxylation is 1. The Morgan fingerprint density at radius 3 is 2.83 bits per heavy atom. The monoisotopic (exact) mass is 306 g/mol. The van der Waals surface area contributed by atoms with Gasteiger partial charge in [-0.2, -0.15) is 0 Å². The number of halogens is 1. The summed E-state index contributed by atoms with van der Waals surface area (Å²) >= 11 is 3.51. The molecule has 1 aromatic heterocycles. The van der Waals surface area contributed by atoms with Gasteiger partial charge in [-0.05, 0) is 53.7 Å². The molecule has 0 aliphatic carbocycles. The summed E-state index contributed by atoms with van der Waals surface area (Å²) in [4.78, 5) is 4.10. The van der Waals surface area contributed by atoms with Crippen LogP contribution in [0.3, 0.4) is 0 Å². The molecule has 0 aliphatic heterocycles. The Bertz CT molecular complexity index is 543. The fourth-order valence-corrected chi connectivity index (χ4v) is 2.22. The lowest BCUT2D eigenvalue weighted by molar-refractivity contribution is 0.469. The molecule has 0 aliphatic rings. The minimum Gasteiger partial charge on any atom is -0.454 e. The van der Waals surface area contributed by atoms with Crippen LogP contribution in [-0.4, -0.2) is 12.0 Å². The van der Waals surface area contributed by atoms with E-state index in [1.807, 2.05) is 38.2 Å². The molecule has 1 N–H and O–H groups in total. The summed E-state index contributed by atoms with van der Waals surface area (Å²) < 4.78 is 6.84. The van der Waals surface area contributed by atoms with E-state index in [1.54, 1.807) is 12.4 Å². The van der Waals surface area contributed by atoms with E-state index in [0.29, 0.717) is 0 Å². The molecule has 0 unspecified atom stereocenters. The molecular formula is C14H15BrN2O. The van der Waals surface area contributed by atoms with Crippen molar-refractivity contribution in [1.82, 2.24) is 10.3 Å². The normalized spacial score (nSPS) is 10.4. The first-order valence-electron chi connectivity index (χ1n) is 5.72. The van der Waals surface area contributed by atoms with Gasteiger partial charge in [-0.1, -0.05) is 6.07 Å². The zero-order chi connectivity index (χ0) is 13.0. The van der Waals surface area contributed by atoms with Crippen LogP contribution < -0.4 is 10.1 Å². The maximum absolute atomic E-state index is 5.90. The van der Waals surface area contributed by atoms with E-state index in [0.717, 1.165) is 28.1 Å². The second-order valence-electron chi connectivity index (χ2n) is 4.05. The molecule has 0 saturated carbocycles. The van der Waals surface area contributed by atoms with Gasteiger partial charge in [-0.3, -0.25) is 4.98 Å². The minimum atomic E-state index is 0.751. The molecule has 2 rings (SSSR count). The van der Waals surface area contributed by atoms with E-state index in [4.69, 9.17) is 4.74 Å². The zero-order valence-electron chi connectivity index (χ0n) is 10.4. The van der Waals surface area contributed by atoms with Crippen molar-refractivity contribution in [3.05, 3.63) is 52.3 Å². The van der Waals surface area contributed by atoms with Crippen LogP contribution in [0.2, 0.25) is 0 Å². The first kappa shape index (κ1) is 13.1. The first-order valence-corrected chi connectivity index (χ1v) is 6.51. The van der Waals surface area contributed by atoms with Crippen LogP contribution >= 0.6 is 15.9 Å². The topological polar surface area (TPSA) is 34.2 Å². The molecule has 0 saturated heterocycles. The molecule has 1 heterocycles. The van der Waals surface area contributed by atoms with Gasteiger partial charge in [0.25, 0.3) is 0 Å². The molecule has 2 aromatic rings. The second-order valence-corrected chi connectivity index (χ2v) is 4.90. The van der Waals surface area contributed by atoms with E-state index in [1.165, 1.54) is 5.56 Å². The van der Waals surface area contributed by atoms with Gasteiger partial charge in [-0.25, -0.2) is 0 Å².